The summed E-state index contributed by atoms with van der Waals surface area (Å²) in [6.07, 6.45) is 0. The summed E-state index contributed by atoms with van der Waals surface area (Å²) in [5.74, 6) is 1.16. The van der Waals surface area contributed by atoms with Crippen LogP contribution in [0.25, 0.3) is 0 Å². The first-order valence-electron chi connectivity index (χ1n) is 7.00. The molecule has 23 heavy (non-hydrogen) atoms. The maximum atomic E-state index is 12.0. The van der Waals surface area contributed by atoms with E-state index in [1.807, 2.05) is 12.1 Å². The van der Waals surface area contributed by atoms with Gasteiger partial charge in [0.05, 0.1) is 17.3 Å². The predicted molar refractivity (Wildman–Crippen MR) is 91.0 cm³/mol. The van der Waals surface area contributed by atoms with E-state index in [2.05, 4.69) is 10.6 Å². The quantitative estimate of drug-likeness (QED) is 0.878. The third-order valence-corrected chi connectivity index (χ3v) is 3.75. The van der Waals surface area contributed by atoms with Crippen LogP contribution >= 0.6 is 23.2 Å². The van der Waals surface area contributed by atoms with Crippen molar-refractivity contribution in [3.8, 4) is 11.5 Å². The molecule has 0 bridgehead atoms. The number of anilines is 2. The highest BCUT2D eigenvalue weighted by Gasteiger charge is 2.12. The van der Waals surface area contributed by atoms with Crippen molar-refractivity contribution >= 4 is 40.5 Å². The Morgan fingerprint density at radius 2 is 1.83 bits per heavy atom. The zero-order valence-electron chi connectivity index (χ0n) is 12.1. The van der Waals surface area contributed by atoms with Gasteiger partial charge in [0.15, 0.2) is 11.5 Å². The van der Waals surface area contributed by atoms with Gasteiger partial charge in [-0.1, -0.05) is 23.2 Å². The van der Waals surface area contributed by atoms with E-state index in [-0.39, 0.29) is 12.5 Å². The minimum Gasteiger partial charge on any atom is -0.486 e. The topological polar surface area (TPSA) is 59.6 Å². The van der Waals surface area contributed by atoms with Gasteiger partial charge in [0.25, 0.3) is 0 Å². The van der Waals surface area contributed by atoms with Crippen molar-refractivity contribution in [2.24, 2.45) is 0 Å². The smallest absolute Gasteiger partial charge is 0.243 e. The van der Waals surface area contributed by atoms with E-state index in [9.17, 15) is 4.79 Å². The number of benzene rings is 2. The lowest BCUT2D eigenvalue weighted by molar-refractivity contribution is -0.114. The number of hydrogen-bond acceptors (Lipinski definition) is 4. The first-order chi connectivity index (χ1) is 11.1. The van der Waals surface area contributed by atoms with Gasteiger partial charge >= 0.3 is 0 Å². The second-order valence-corrected chi connectivity index (χ2v) is 5.73. The van der Waals surface area contributed by atoms with Crippen molar-refractivity contribution in [3.63, 3.8) is 0 Å². The third-order valence-electron chi connectivity index (χ3n) is 3.20. The van der Waals surface area contributed by atoms with Gasteiger partial charge in [0, 0.05) is 16.8 Å². The summed E-state index contributed by atoms with van der Waals surface area (Å²) in [5.41, 5.74) is 1.29. The Morgan fingerprint density at radius 1 is 1.04 bits per heavy atom. The molecule has 0 spiro atoms. The molecule has 0 unspecified atom stereocenters. The van der Waals surface area contributed by atoms with E-state index in [0.717, 1.165) is 5.69 Å². The molecular formula is C16H14Cl2N2O3. The predicted octanol–water partition coefficient (Wildman–Crippen LogP) is 3.82. The van der Waals surface area contributed by atoms with Crippen molar-refractivity contribution in [2.45, 2.75) is 0 Å². The Morgan fingerprint density at radius 3 is 2.61 bits per heavy atom. The van der Waals surface area contributed by atoms with Gasteiger partial charge in [-0.2, -0.15) is 0 Å². The molecule has 7 heteroatoms. The zero-order chi connectivity index (χ0) is 16.2. The maximum absolute atomic E-state index is 12.0. The first kappa shape index (κ1) is 15.8. The van der Waals surface area contributed by atoms with Crippen LogP contribution in [0.1, 0.15) is 0 Å². The summed E-state index contributed by atoms with van der Waals surface area (Å²) in [4.78, 5) is 12.0. The number of nitrogens with one attached hydrogen (secondary N) is 2. The Kier molecular flexibility index (Phi) is 4.79. The van der Waals surface area contributed by atoms with Crippen LogP contribution in [0.4, 0.5) is 11.4 Å². The molecule has 1 aliphatic heterocycles. The molecule has 2 aromatic carbocycles. The number of amides is 1. The molecule has 0 aliphatic carbocycles. The van der Waals surface area contributed by atoms with Crippen molar-refractivity contribution in [1.82, 2.24) is 0 Å². The Balaban J connectivity index is 1.58. The Labute approximate surface area is 143 Å². The van der Waals surface area contributed by atoms with Crippen molar-refractivity contribution in [3.05, 3.63) is 46.4 Å². The number of ether oxygens (including phenoxy) is 2. The molecular weight excluding hydrogens is 339 g/mol. The monoisotopic (exact) mass is 352 g/mol. The molecule has 0 fully saturated rings. The molecule has 1 amide bonds. The van der Waals surface area contributed by atoms with Crippen LogP contribution in [0, 0.1) is 0 Å². The molecule has 1 aliphatic rings. The van der Waals surface area contributed by atoms with Crippen LogP contribution in [0.15, 0.2) is 36.4 Å². The van der Waals surface area contributed by atoms with Gasteiger partial charge in [-0.15, -0.1) is 0 Å². The standard InChI is InChI=1S/C16H14Cl2N2O3/c17-10-1-3-13(12(18)7-10)20-16(21)9-19-11-2-4-14-15(8-11)23-6-5-22-14/h1-4,7-8,19H,5-6,9H2,(H,20,21). The van der Waals surface area contributed by atoms with E-state index in [1.54, 1.807) is 24.3 Å². The minimum absolute atomic E-state index is 0.0958. The summed E-state index contributed by atoms with van der Waals surface area (Å²) in [7, 11) is 0. The number of carbonyl (C=O) groups is 1. The molecule has 0 radical (unpaired) electrons. The van der Waals surface area contributed by atoms with Gasteiger partial charge in [0.2, 0.25) is 5.91 Å². The average Bonchev–Trinajstić information content (AvgIpc) is 2.55. The molecule has 120 valence electrons. The Hall–Kier alpha value is -2.11. The second-order valence-electron chi connectivity index (χ2n) is 4.88. The number of halogens is 2. The molecule has 0 saturated heterocycles. The van der Waals surface area contributed by atoms with E-state index in [0.29, 0.717) is 40.4 Å². The highest BCUT2D eigenvalue weighted by molar-refractivity contribution is 6.36. The number of carbonyl (C=O) groups excluding carboxylic acids is 1. The van der Waals surface area contributed by atoms with Crippen LogP contribution < -0.4 is 20.1 Å². The van der Waals surface area contributed by atoms with E-state index in [4.69, 9.17) is 32.7 Å². The fourth-order valence-corrected chi connectivity index (χ4v) is 2.58. The minimum atomic E-state index is -0.218. The summed E-state index contributed by atoms with van der Waals surface area (Å²) >= 11 is 11.8. The van der Waals surface area contributed by atoms with Crippen LogP contribution in [0.5, 0.6) is 11.5 Å². The molecule has 1 heterocycles. The lowest BCUT2D eigenvalue weighted by Crippen LogP contribution is -2.22. The largest absolute Gasteiger partial charge is 0.486 e. The number of hydrogen-bond donors (Lipinski definition) is 2. The Bertz CT molecular complexity index is 737. The van der Waals surface area contributed by atoms with Crippen molar-refractivity contribution in [1.29, 1.82) is 0 Å². The molecule has 2 aromatic rings. The lowest BCUT2D eigenvalue weighted by atomic mass is 10.2. The summed E-state index contributed by atoms with van der Waals surface area (Å²) < 4.78 is 10.9. The van der Waals surface area contributed by atoms with Gasteiger partial charge in [-0.3, -0.25) is 4.79 Å². The van der Waals surface area contributed by atoms with E-state index >= 15 is 0 Å². The normalized spacial score (nSPS) is 12.6. The third kappa shape index (κ3) is 4.00. The van der Waals surface area contributed by atoms with E-state index < -0.39 is 0 Å². The van der Waals surface area contributed by atoms with Crippen LogP contribution in [-0.2, 0) is 4.79 Å². The van der Waals surface area contributed by atoms with Crippen molar-refractivity contribution < 1.29 is 14.3 Å². The fourth-order valence-electron chi connectivity index (χ4n) is 2.12. The highest BCUT2D eigenvalue weighted by atomic mass is 35.5. The lowest BCUT2D eigenvalue weighted by Gasteiger charge is -2.19. The van der Waals surface area contributed by atoms with Gasteiger partial charge in [-0.25, -0.2) is 0 Å². The fraction of sp³-hybridized carbons (Fsp3) is 0.188. The number of fused-ring (bicyclic) bond motifs is 1. The summed E-state index contributed by atoms with van der Waals surface area (Å²) in [6, 6.07) is 10.3. The molecule has 0 atom stereocenters. The highest BCUT2D eigenvalue weighted by Crippen LogP contribution is 2.32. The number of rotatable bonds is 4. The zero-order valence-corrected chi connectivity index (χ0v) is 13.6. The van der Waals surface area contributed by atoms with Gasteiger partial charge < -0.3 is 20.1 Å². The maximum Gasteiger partial charge on any atom is 0.243 e. The van der Waals surface area contributed by atoms with E-state index in [1.165, 1.54) is 0 Å². The molecule has 3 rings (SSSR count). The first-order valence-corrected chi connectivity index (χ1v) is 7.76. The van der Waals surface area contributed by atoms with Crippen LogP contribution in [0.3, 0.4) is 0 Å². The molecule has 2 N–H and O–H groups in total. The van der Waals surface area contributed by atoms with Crippen LogP contribution in [0.2, 0.25) is 10.0 Å². The molecule has 0 aromatic heterocycles. The average molecular weight is 353 g/mol. The SMILES string of the molecule is O=C(CNc1ccc2c(c1)OCCO2)Nc1ccc(Cl)cc1Cl. The summed E-state index contributed by atoms with van der Waals surface area (Å²) in [6.45, 7) is 1.16. The van der Waals surface area contributed by atoms with Gasteiger partial charge in [0.1, 0.15) is 13.2 Å². The second kappa shape index (κ2) is 6.98. The molecule has 5 nitrogen and oxygen atoms in total. The molecule has 0 saturated carbocycles. The van der Waals surface area contributed by atoms with Gasteiger partial charge in [-0.05, 0) is 30.3 Å². The summed E-state index contributed by atoms with van der Waals surface area (Å²) in [5, 5.41) is 6.66. The van der Waals surface area contributed by atoms with Crippen molar-refractivity contribution in [2.75, 3.05) is 30.4 Å². The van der Waals surface area contributed by atoms with Crippen LogP contribution in [-0.4, -0.2) is 25.7 Å².